The topological polar surface area (TPSA) is 118 Å². The Labute approximate surface area is 227 Å². The Kier molecular flexibility index (Phi) is 7.62. The van der Waals surface area contributed by atoms with E-state index in [4.69, 9.17) is 21.1 Å². The molecule has 10 nitrogen and oxygen atoms in total. The average molecular weight is 559 g/mol. The number of nitrogens with zero attached hydrogens (tertiary/aromatic N) is 3. The van der Waals surface area contributed by atoms with Crippen LogP contribution in [-0.2, 0) is 10.0 Å². The van der Waals surface area contributed by atoms with Crippen molar-refractivity contribution in [2.24, 2.45) is 0 Å². The lowest BCUT2D eigenvalue weighted by atomic mass is 9.86. The highest BCUT2D eigenvalue weighted by atomic mass is 35.5. The van der Waals surface area contributed by atoms with E-state index in [2.05, 4.69) is 38.9 Å². The van der Waals surface area contributed by atoms with Gasteiger partial charge in [0, 0.05) is 19.7 Å². The number of anilines is 3. The normalized spacial score (nSPS) is 17.9. The number of aryl methyl sites for hydroxylation is 1. The molecule has 1 fully saturated rings. The van der Waals surface area contributed by atoms with Gasteiger partial charge in [0.05, 0.1) is 11.9 Å². The largest absolute Gasteiger partial charge is 0.484 e. The molecular weight excluding hydrogens is 528 g/mol. The Morgan fingerprint density at radius 3 is 2.66 bits per heavy atom. The number of aromatic nitrogens is 2. The summed E-state index contributed by atoms with van der Waals surface area (Å²) in [6.45, 7) is 4.32. The Balaban J connectivity index is 1.38. The van der Waals surface area contributed by atoms with Crippen molar-refractivity contribution in [1.82, 2.24) is 19.6 Å². The fraction of sp³-hybridized carbons (Fsp3) is 0.385. The Morgan fingerprint density at radius 1 is 1.13 bits per heavy atom. The van der Waals surface area contributed by atoms with Gasteiger partial charge >= 0.3 is 0 Å². The van der Waals surface area contributed by atoms with E-state index in [1.807, 2.05) is 6.07 Å². The molecule has 3 N–H and O–H groups in total. The van der Waals surface area contributed by atoms with E-state index in [0.29, 0.717) is 11.6 Å². The molecule has 38 heavy (non-hydrogen) atoms. The first-order chi connectivity index (χ1) is 18.2. The Morgan fingerprint density at radius 2 is 1.89 bits per heavy atom. The highest BCUT2D eigenvalue weighted by molar-refractivity contribution is 7.89. The molecule has 1 aromatic heterocycles. The fourth-order valence-corrected chi connectivity index (χ4v) is 5.91. The van der Waals surface area contributed by atoms with Crippen LogP contribution >= 0.6 is 11.6 Å². The van der Waals surface area contributed by atoms with E-state index in [0.717, 1.165) is 41.7 Å². The molecule has 5 rings (SSSR count). The summed E-state index contributed by atoms with van der Waals surface area (Å²) in [5.41, 5.74) is 2.72. The minimum atomic E-state index is -3.69. The molecule has 12 heteroatoms. The summed E-state index contributed by atoms with van der Waals surface area (Å²) >= 11 is 6.37. The van der Waals surface area contributed by atoms with Gasteiger partial charge in [-0.05, 0) is 62.5 Å². The summed E-state index contributed by atoms with van der Waals surface area (Å²) in [4.78, 5) is 8.90. The second kappa shape index (κ2) is 10.9. The molecule has 0 aliphatic carbocycles. The fourth-order valence-electron chi connectivity index (χ4n) is 4.73. The Hall–Kier alpha value is -3.12. The second-order valence-electron chi connectivity index (χ2n) is 9.51. The molecule has 1 atom stereocenters. The van der Waals surface area contributed by atoms with Crippen molar-refractivity contribution in [3.05, 3.63) is 58.7 Å². The molecular formula is C26H31ClN6O4S. The van der Waals surface area contributed by atoms with E-state index >= 15 is 0 Å². The zero-order chi connectivity index (χ0) is 26.9. The van der Waals surface area contributed by atoms with Crippen LogP contribution in [0.5, 0.6) is 11.5 Å². The zero-order valence-corrected chi connectivity index (χ0v) is 23.1. The van der Waals surface area contributed by atoms with Crippen LogP contribution < -0.4 is 25.4 Å². The van der Waals surface area contributed by atoms with E-state index in [-0.39, 0.29) is 28.3 Å². The van der Waals surface area contributed by atoms with Crippen LogP contribution in [0.15, 0.2) is 47.5 Å². The van der Waals surface area contributed by atoms with Gasteiger partial charge in [0.2, 0.25) is 22.2 Å². The number of hydrogen-bond donors (Lipinski definition) is 3. The predicted octanol–water partition coefficient (Wildman–Crippen LogP) is 4.11. The minimum absolute atomic E-state index is 0.107. The number of rotatable bonds is 7. The quantitative estimate of drug-likeness (QED) is 0.394. The van der Waals surface area contributed by atoms with Gasteiger partial charge in [-0.25, -0.2) is 17.7 Å². The van der Waals surface area contributed by atoms with Crippen molar-refractivity contribution in [1.29, 1.82) is 0 Å². The lowest BCUT2D eigenvalue weighted by Gasteiger charge is -2.32. The van der Waals surface area contributed by atoms with Crippen molar-refractivity contribution >= 4 is 39.1 Å². The van der Waals surface area contributed by atoms with Crippen LogP contribution in [0.4, 0.5) is 17.5 Å². The van der Waals surface area contributed by atoms with Gasteiger partial charge in [-0.3, -0.25) is 0 Å². The number of piperidine rings is 1. The molecule has 0 radical (unpaired) electrons. The Bertz CT molecular complexity index is 1430. The highest BCUT2D eigenvalue weighted by Gasteiger charge is 2.30. The van der Waals surface area contributed by atoms with Crippen LogP contribution in [0.3, 0.4) is 0 Å². The number of hydrogen-bond acceptors (Lipinski definition) is 9. The number of sulfonamides is 1. The van der Waals surface area contributed by atoms with E-state index in [1.54, 1.807) is 18.2 Å². The lowest BCUT2D eigenvalue weighted by molar-refractivity contribution is 0.107. The average Bonchev–Trinajstić information content (AvgIpc) is 2.91. The molecule has 0 spiro atoms. The monoisotopic (exact) mass is 558 g/mol. The molecule has 1 unspecified atom stereocenters. The molecule has 2 aliphatic heterocycles. The summed E-state index contributed by atoms with van der Waals surface area (Å²) in [5, 5.41) is 9.88. The molecule has 3 heterocycles. The molecule has 3 aromatic rings. The first kappa shape index (κ1) is 26.5. The summed E-state index contributed by atoms with van der Waals surface area (Å²) in [5.74, 6) is 2.41. The maximum absolute atomic E-state index is 12.8. The second-order valence-corrected chi connectivity index (χ2v) is 12.0. The van der Waals surface area contributed by atoms with E-state index in [1.165, 1.54) is 37.5 Å². The third-order valence-corrected chi connectivity index (χ3v) is 8.86. The van der Waals surface area contributed by atoms with Crippen molar-refractivity contribution in [3.63, 3.8) is 0 Å². The van der Waals surface area contributed by atoms with Crippen LogP contribution in [-0.4, -0.2) is 62.7 Å². The summed E-state index contributed by atoms with van der Waals surface area (Å²) in [6.07, 6.45) is 3.00. The van der Waals surface area contributed by atoms with Crippen LogP contribution in [0, 0.1) is 6.92 Å². The van der Waals surface area contributed by atoms with Crippen LogP contribution in [0.25, 0.3) is 0 Å². The third-order valence-electron chi connectivity index (χ3n) is 6.71. The molecule has 1 saturated heterocycles. The van der Waals surface area contributed by atoms with E-state index in [9.17, 15) is 8.42 Å². The van der Waals surface area contributed by atoms with Crippen LogP contribution in [0.1, 0.15) is 29.9 Å². The van der Waals surface area contributed by atoms with Gasteiger partial charge in [0.25, 0.3) is 0 Å². The van der Waals surface area contributed by atoms with Crippen molar-refractivity contribution < 1.29 is 17.9 Å². The molecule has 0 saturated carbocycles. The maximum Gasteiger partial charge on any atom is 0.244 e. The van der Waals surface area contributed by atoms with Crippen molar-refractivity contribution in [2.45, 2.75) is 36.8 Å². The van der Waals surface area contributed by atoms with Gasteiger partial charge < -0.3 is 25.4 Å². The SMILES string of the molecule is Cc1ccc2c(c1C1CCNCC1)OC(Nc1ncc(Cl)c(Nc3ccccc3S(=O)(=O)N(C)C)n1)CO2. The smallest absolute Gasteiger partial charge is 0.244 e. The van der Waals surface area contributed by atoms with Crippen molar-refractivity contribution in [2.75, 3.05) is 44.4 Å². The number of fused-ring (bicyclic) bond motifs is 1. The number of ether oxygens (including phenoxy) is 2. The zero-order valence-electron chi connectivity index (χ0n) is 21.5. The lowest BCUT2D eigenvalue weighted by Crippen LogP contribution is -2.37. The van der Waals surface area contributed by atoms with Gasteiger partial charge in [0.1, 0.15) is 16.5 Å². The first-order valence-electron chi connectivity index (χ1n) is 12.5. The number of benzene rings is 2. The van der Waals surface area contributed by atoms with Gasteiger partial charge in [-0.1, -0.05) is 29.8 Å². The maximum atomic E-state index is 12.8. The number of halogens is 1. The number of para-hydroxylation sites is 1. The molecule has 2 aromatic carbocycles. The molecule has 0 bridgehead atoms. The molecule has 202 valence electrons. The highest BCUT2D eigenvalue weighted by Crippen LogP contribution is 2.43. The summed E-state index contributed by atoms with van der Waals surface area (Å²) in [7, 11) is -0.730. The predicted molar refractivity (Wildman–Crippen MR) is 147 cm³/mol. The summed E-state index contributed by atoms with van der Waals surface area (Å²) in [6, 6.07) is 10.6. The van der Waals surface area contributed by atoms with Crippen LogP contribution in [0.2, 0.25) is 5.02 Å². The van der Waals surface area contributed by atoms with Gasteiger partial charge in [0.15, 0.2) is 17.3 Å². The minimum Gasteiger partial charge on any atom is -0.484 e. The van der Waals surface area contributed by atoms with Gasteiger partial charge in [-0.15, -0.1) is 0 Å². The number of nitrogens with one attached hydrogen (secondary N) is 3. The first-order valence-corrected chi connectivity index (χ1v) is 14.3. The van der Waals surface area contributed by atoms with Crippen molar-refractivity contribution in [3.8, 4) is 11.5 Å². The third kappa shape index (κ3) is 5.37. The van der Waals surface area contributed by atoms with E-state index < -0.39 is 16.3 Å². The summed E-state index contributed by atoms with van der Waals surface area (Å²) < 4.78 is 39.2. The van der Waals surface area contributed by atoms with Gasteiger partial charge in [-0.2, -0.15) is 4.98 Å². The standard InChI is InChI=1S/C26H31ClN6O4S/c1-16-8-9-20-24(23(16)17-10-12-28-13-11-17)37-22(15-36-20)31-26-29-14-18(27)25(32-26)30-19-6-4-5-7-21(19)38(34,35)33(2)3/h4-9,14,17,22,28H,10-13,15H2,1-3H3,(H2,29,30,31,32). The molecule has 0 amide bonds. The molecule has 2 aliphatic rings.